The van der Waals surface area contributed by atoms with Crippen molar-refractivity contribution in [3.05, 3.63) is 99.9 Å². The van der Waals surface area contributed by atoms with Gasteiger partial charge in [0, 0.05) is 9.92 Å². The van der Waals surface area contributed by atoms with Gasteiger partial charge in [-0.15, -0.1) is 0 Å². The summed E-state index contributed by atoms with van der Waals surface area (Å²) in [6.07, 6.45) is 1.83. The fourth-order valence-corrected chi connectivity index (χ4v) is 4.57. The molecule has 0 aliphatic carbocycles. The highest BCUT2D eigenvalue weighted by Gasteiger charge is 2.30. The Balaban J connectivity index is 1.57. The first-order valence-corrected chi connectivity index (χ1v) is 11.1. The van der Waals surface area contributed by atoms with E-state index >= 15 is 0 Å². The first kappa shape index (κ1) is 21.2. The second-order valence-corrected chi connectivity index (χ2v) is 8.74. The monoisotopic (exact) mass is 448 g/mol. The lowest BCUT2D eigenvalue weighted by atomic mass is 10.1. The normalized spacial score (nSPS) is 15.5. The molecule has 156 valence electrons. The summed E-state index contributed by atoms with van der Waals surface area (Å²) in [5.74, 6) is -0.404. The predicted octanol–water partition coefficient (Wildman–Crippen LogP) is 5.70. The van der Waals surface area contributed by atoms with Gasteiger partial charge in [0.2, 0.25) is 5.91 Å². The largest absolute Gasteiger partial charge is 0.348 e. The molecule has 2 amide bonds. The Morgan fingerprint density at radius 2 is 1.71 bits per heavy atom. The highest BCUT2D eigenvalue weighted by atomic mass is 35.5. The number of fused-ring (bicyclic) bond motifs is 1. The van der Waals surface area contributed by atoms with Crippen LogP contribution in [0.3, 0.4) is 0 Å². The maximum Gasteiger partial charge on any atom is 0.265 e. The molecule has 1 aliphatic heterocycles. The van der Waals surface area contributed by atoms with E-state index in [2.05, 4.69) is 5.32 Å². The Kier molecular flexibility index (Phi) is 6.44. The highest BCUT2D eigenvalue weighted by molar-refractivity contribution is 8.04. The highest BCUT2D eigenvalue weighted by Crippen LogP contribution is 2.42. The van der Waals surface area contributed by atoms with Crippen LogP contribution in [0.4, 0.5) is 5.69 Å². The van der Waals surface area contributed by atoms with Gasteiger partial charge in [-0.2, -0.15) is 0 Å². The summed E-state index contributed by atoms with van der Waals surface area (Å²) in [4.78, 5) is 29.1. The van der Waals surface area contributed by atoms with Crippen LogP contribution in [0.2, 0.25) is 5.02 Å². The summed E-state index contributed by atoms with van der Waals surface area (Å²) in [6.45, 7) is 1.88. The second kappa shape index (κ2) is 9.41. The topological polar surface area (TPSA) is 49.4 Å². The van der Waals surface area contributed by atoms with Crippen LogP contribution in [-0.4, -0.2) is 18.4 Å². The Morgan fingerprint density at radius 1 is 1.03 bits per heavy atom. The van der Waals surface area contributed by atoms with Gasteiger partial charge in [0.15, 0.2) is 0 Å². The zero-order valence-electron chi connectivity index (χ0n) is 16.9. The van der Waals surface area contributed by atoms with E-state index in [0.717, 1.165) is 21.7 Å². The molecule has 0 bridgehead atoms. The van der Waals surface area contributed by atoms with Gasteiger partial charge in [0.1, 0.15) is 6.54 Å². The summed E-state index contributed by atoms with van der Waals surface area (Å²) in [5, 5.41) is 3.63. The number of rotatable bonds is 5. The first-order chi connectivity index (χ1) is 15.0. The van der Waals surface area contributed by atoms with Gasteiger partial charge in [-0.25, -0.2) is 0 Å². The van der Waals surface area contributed by atoms with Gasteiger partial charge in [-0.1, -0.05) is 78.0 Å². The fraction of sp³-hybridized carbons (Fsp3) is 0.120. The lowest BCUT2D eigenvalue weighted by Crippen LogP contribution is -2.43. The molecule has 31 heavy (non-hydrogen) atoms. The van der Waals surface area contributed by atoms with Crippen molar-refractivity contribution in [1.82, 2.24) is 5.32 Å². The minimum absolute atomic E-state index is 0.0501. The summed E-state index contributed by atoms with van der Waals surface area (Å²) in [6, 6.07) is 24.5. The zero-order valence-corrected chi connectivity index (χ0v) is 18.5. The van der Waals surface area contributed by atoms with Crippen LogP contribution >= 0.6 is 23.4 Å². The third-order valence-corrected chi connectivity index (χ3v) is 6.31. The smallest absolute Gasteiger partial charge is 0.265 e. The quantitative estimate of drug-likeness (QED) is 0.509. The Bertz CT molecular complexity index is 1130. The Labute approximate surface area is 190 Å². The van der Waals surface area contributed by atoms with Gasteiger partial charge >= 0.3 is 0 Å². The summed E-state index contributed by atoms with van der Waals surface area (Å²) >= 11 is 7.38. The van der Waals surface area contributed by atoms with Crippen LogP contribution < -0.4 is 10.2 Å². The van der Waals surface area contributed by atoms with E-state index in [0.29, 0.717) is 9.93 Å². The van der Waals surface area contributed by atoms with Crippen LogP contribution in [0.15, 0.2) is 88.7 Å². The zero-order chi connectivity index (χ0) is 21.8. The third-order valence-electron chi connectivity index (χ3n) is 4.98. The Hall–Kier alpha value is -3.02. The molecule has 4 rings (SSSR count). The number of hydrogen-bond acceptors (Lipinski definition) is 3. The number of thioether (sulfide) groups is 1. The third kappa shape index (κ3) is 5.01. The number of carbonyl (C=O) groups is 2. The molecule has 0 saturated carbocycles. The van der Waals surface area contributed by atoms with E-state index in [-0.39, 0.29) is 24.4 Å². The average Bonchev–Trinajstić information content (AvgIpc) is 2.78. The molecule has 0 saturated heterocycles. The van der Waals surface area contributed by atoms with Crippen LogP contribution in [0.5, 0.6) is 0 Å². The average molecular weight is 449 g/mol. The molecule has 0 aromatic heterocycles. The minimum atomic E-state index is -0.211. The molecule has 3 aromatic carbocycles. The van der Waals surface area contributed by atoms with Gasteiger partial charge in [0.25, 0.3) is 5.91 Å². The van der Waals surface area contributed by atoms with Crippen molar-refractivity contribution in [2.24, 2.45) is 0 Å². The van der Waals surface area contributed by atoms with E-state index in [4.69, 9.17) is 11.6 Å². The van der Waals surface area contributed by atoms with Gasteiger partial charge in [-0.05, 0) is 48.4 Å². The molecular formula is C25H21ClN2O2S. The summed E-state index contributed by atoms with van der Waals surface area (Å²) < 4.78 is 0. The van der Waals surface area contributed by atoms with Crippen molar-refractivity contribution in [3.63, 3.8) is 0 Å². The van der Waals surface area contributed by atoms with E-state index in [1.54, 1.807) is 17.0 Å². The number of benzene rings is 3. The summed E-state index contributed by atoms with van der Waals surface area (Å²) in [5.41, 5.74) is 2.63. The van der Waals surface area contributed by atoms with Crippen molar-refractivity contribution < 1.29 is 9.59 Å². The van der Waals surface area contributed by atoms with Crippen molar-refractivity contribution >= 4 is 46.9 Å². The number of anilines is 1. The molecule has 6 heteroatoms. The number of halogens is 1. The molecule has 1 atom stereocenters. The van der Waals surface area contributed by atoms with Crippen molar-refractivity contribution in [2.45, 2.75) is 17.9 Å². The van der Waals surface area contributed by atoms with Crippen LogP contribution in [0.1, 0.15) is 24.1 Å². The van der Waals surface area contributed by atoms with Crippen molar-refractivity contribution in [3.8, 4) is 0 Å². The molecule has 0 spiro atoms. The predicted molar refractivity (Wildman–Crippen MR) is 127 cm³/mol. The number of amides is 2. The minimum Gasteiger partial charge on any atom is -0.348 e. The van der Waals surface area contributed by atoms with E-state index in [1.807, 2.05) is 79.7 Å². The maximum absolute atomic E-state index is 13.3. The van der Waals surface area contributed by atoms with Crippen molar-refractivity contribution in [1.29, 1.82) is 0 Å². The fourth-order valence-electron chi connectivity index (χ4n) is 3.39. The molecule has 0 radical (unpaired) electrons. The molecule has 1 unspecified atom stereocenters. The molecule has 0 fully saturated rings. The number of carbonyl (C=O) groups excluding carboxylic acids is 2. The molecule has 3 aromatic rings. The van der Waals surface area contributed by atoms with E-state index in [9.17, 15) is 9.59 Å². The number of nitrogens with zero attached hydrogens (tertiary/aromatic N) is 1. The summed E-state index contributed by atoms with van der Waals surface area (Å²) in [7, 11) is 0. The standard InChI is InChI=1S/C25H21ClN2O2S/c1-17(19-7-3-2-4-8-19)27-24(29)16-28-21-9-5-6-10-22(21)31-23(25(28)30)15-18-11-13-20(26)14-12-18/h2-15,17H,16H2,1H3,(H,27,29)/b23-15-. The molecule has 1 N–H and O–H groups in total. The number of hydrogen-bond donors (Lipinski definition) is 1. The van der Waals surface area contributed by atoms with Crippen LogP contribution in [0.25, 0.3) is 6.08 Å². The lowest BCUT2D eigenvalue weighted by molar-refractivity contribution is -0.122. The van der Waals surface area contributed by atoms with Crippen LogP contribution in [-0.2, 0) is 9.59 Å². The molecular weight excluding hydrogens is 428 g/mol. The second-order valence-electron chi connectivity index (χ2n) is 7.22. The van der Waals surface area contributed by atoms with Crippen LogP contribution in [0, 0.1) is 0 Å². The SMILES string of the molecule is CC(NC(=O)CN1C(=O)/C(=C/c2ccc(Cl)cc2)Sc2ccccc21)c1ccccc1. The van der Waals surface area contributed by atoms with Gasteiger partial charge in [-0.3, -0.25) is 14.5 Å². The van der Waals surface area contributed by atoms with E-state index < -0.39 is 0 Å². The lowest BCUT2D eigenvalue weighted by Gasteiger charge is -2.30. The van der Waals surface area contributed by atoms with E-state index in [1.165, 1.54) is 11.8 Å². The molecule has 1 heterocycles. The molecule has 1 aliphatic rings. The number of para-hydroxylation sites is 1. The van der Waals surface area contributed by atoms with Crippen molar-refractivity contribution in [2.75, 3.05) is 11.4 Å². The van der Waals surface area contributed by atoms with Gasteiger partial charge < -0.3 is 5.32 Å². The number of nitrogens with one attached hydrogen (secondary N) is 1. The molecule has 4 nitrogen and oxygen atoms in total. The first-order valence-electron chi connectivity index (χ1n) is 9.91. The Morgan fingerprint density at radius 3 is 2.45 bits per heavy atom. The maximum atomic E-state index is 13.3. The van der Waals surface area contributed by atoms with Gasteiger partial charge in [0.05, 0.1) is 16.6 Å².